The Morgan fingerprint density at radius 3 is 2.67 bits per heavy atom. The van der Waals surface area contributed by atoms with Crippen LogP contribution in [0.1, 0.15) is 5.56 Å². The first-order valence-electron chi connectivity index (χ1n) is 7.16. The highest BCUT2D eigenvalue weighted by molar-refractivity contribution is 7.18. The van der Waals surface area contributed by atoms with Crippen molar-refractivity contribution in [2.45, 2.75) is 6.54 Å². The zero-order valence-corrected chi connectivity index (χ0v) is 13.8. The molecule has 0 aliphatic rings. The van der Waals surface area contributed by atoms with E-state index in [0.717, 1.165) is 16.9 Å². The Morgan fingerprint density at radius 2 is 2.08 bits per heavy atom. The summed E-state index contributed by atoms with van der Waals surface area (Å²) in [5.41, 5.74) is 1.43. The molecule has 1 aromatic carbocycles. The molecule has 0 fully saturated rings. The van der Waals surface area contributed by atoms with Crippen LogP contribution >= 0.6 is 11.3 Å². The summed E-state index contributed by atoms with van der Waals surface area (Å²) in [5, 5.41) is 24.2. The molecule has 0 aliphatic carbocycles. The van der Waals surface area contributed by atoms with E-state index in [1.807, 2.05) is 0 Å². The fourth-order valence-electron chi connectivity index (χ4n) is 2.13. The van der Waals surface area contributed by atoms with Crippen LogP contribution in [0.2, 0.25) is 0 Å². The molecule has 2 aromatic rings. The predicted molar refractivity (Wildman–Crippen MR) is 95.8 cm³/mol. The summed E-state index contributed by atoms with van der Waals surface area (Å²) in [7, 11) is 0. The molecular weight excluding hydrogens is 328 g/mol. The van der Waals surface area contributed by atoms with Crippen LogP contribution in [0.25, 0.3) is 0 Å². The topological polar surface area (TPSA) is 91.5 Å². The third-order valence-corrected chi connectivity index (χ3v) is 4.04. The summed E-state index contributed by atoms with van der Waals surface area (Å²) >= 11 is 0.955. The number of rotatable bonds is 9. The van der Waals surface area contributed by atoms with Gasteiger partial charge in [0.15, 0.2) is 5.13 Å². The van der Waals surface area contributed by atoms with E-state index in [-0.39, 0.29) is 10.8 Å². The van der Waals surface area contributed by atoms with Crippen LogP contribution in [-0.4, -0.2) is 33.0 Å². The van der Waals surface area contributed by atoms with Gasteiger partial charge in [0.05, 0.1) is 4.92 Å². The molecule has 0 unspecified atom stereocenters. The van der Waals surface area contributed by atoms with Gasteiger partial charge in [-0.2, -0.15) is 0 Å². The van der Waals surface area contributed by atoms with Crippen LogP contribution in [0.15, 0.2) is 49.7 Å². The van der Waals surface area contributed by atoms with Crippen molar-refractivity contribution in [3.8, 4) is 5.75 Å². The Labute approximate surface area is 143 Å². The summed E-state index contributed by atoms with van der Waals surface area (Å²) < 4.78 is 0. The van der Waals surface area contributed by atoms with E-state index in [1.165, 1.54) is 6.20 Å². The van der Waals surface area contributed by atoms with Gasteiger partial charge in [0, 0.05) is 30.9 Å². The first-order chi connectivity index (χ1) is 11.5. The summed E-state index contributed by atoms with van der Waals surface area (Å²) in [4.78, 5) is 16.3. The van der Waals surface area contributed by atoms with Crippen molar-refractivity contribution < 1.29 is 10.0 Å². The van der Waals surface area contributed by atoms with Crippen molar-refractivity contribution in [3.05, 3.63) is 65.4 Å². The number of benzene rings is 1. The minimum absolute atomic E-state index is 0.0281. The van der Waals surface area contributed by atoms with Gasteiger partial charge in [-0.05, 0) is 29.5 Å². The van der Waals surface area contributed by atoms with Gasteiger partial charge in [-0.15, -0.1) is 13.2 Å². The maximum absolute atomic E-state index is 10.7. The molecule has 8 heteroatoms. The number of nitro groups is 1. The molecule has 1 heterocycles. The molecule has 7 nitrogen and oxygen atoms in total. The molecular formula is C16H18N4O3S. The third kappa shape index (κ3) is 4.64. The highest BCUT2D eigenvalue weighted by Crippen LogP contribution is 2.30. The lowest BCUT2D eigenvalue weighted by atomic mass is 10.1. The summed E-state index contributed by atoms with van der Waals surface area (Å²) in [6.45, 7) is 9.31. The standard InChI is InChI=1S/C16H18N4O3S/c1-3-7-19(8-4-2)11-12-9-13(5-6-14(12)21)18-16-17-10-15(24-16)20(22)23/h3-6,9-10,21H,1-2,7-8,11H2,(H,17,18). The maximum Gasteiger partial charge on any atom is 0.345 e. The van der Waals surface area contributed by atoms with Gasteiger partial charge in [0.1, 0.15) is 11.9 Å². The second kappa shape index (κ2) is 8.23. The van der Waals surface area contributed by atoms with Gasteiger partial charge in [-0.3, -0.25) is 15.0 Å². The van der Waals surface area contributed by atoms with Gasteiger partial charge in [0.25, 0.3) is 0 Å². The molecule has 126 valence electrons. The largest absolute Gasteiger partial charge is 0.508 e. The summed E-state index contributed by atoms with van der Waals surface area (Å²) in [5.74, 6) is 0.184. The van der Waals surface area contributed by atoms with Crippen molar-refractivity contribution in [2.24, 2.45) is 0 Å². The Balaban J connectivity index is 2.15. The number of phenolic OH excluding ortho intramolecular Hbond substituents is 1. The van der Waals surface area contributed by atoms with Gasteiger partial charge in [0.2, 0.25) is 0 Å². The molecule has 0 amide bonds. The molecule has 0 radical (unpaired) electrons. The molecule has 0 bridgehead atoms. The van der Waals surface area contributed by atoms with Gasteiger partial charge < -0.3 is 10.4 Å². The van der Waals surface area contributed by atoms with E-state index in [4.69, 9.17) is 0 Å². The number of aromatic hydroxyl groups is 1. The normalized spacial score (nSPS) is 10.5. The van der Waals surface area contributed by atoms with Crippen LogP contribution in [0, 0.1) is 10.1 Å². The third-order valence-electron chi connectivity index (χ3n) is 3.17. The second-order valence-corrected chi connectivity index (χ2v) is 6.01. The number of hydrogen-bond donors (Lipinski definition) is 2. The Hall–Kier alpha value is -2.71. The predicted octanol–water partition coefficient (Wildman–Crippen LogP) is 3.67. The van der Waals surface area contributed by atoms with Gasteiger partial charge in [-0.25, -0.2) is 4.98 Å². The van der Waals surface area contributed by atoms with Crippen molar-refractivity contribution in [2.75, 3.05) is 18.4 Å². The highest BCUT2D eigenvalue weighted by Gasteiger charge is 2.13. The minimum atomic E-state index is -0.479. The van der Waals surface area contributed by atoms with E-state index in [9.17, 15) is 15.2 Å². The summed E-state index contributed by atoms with van der Waals surface area (Å²) in [6, 6.07) is 5.07. The van der Waals surface area contributed by atoms with E-state index in [0.29, 0.717) is 30.5 Å². The van der Waals surface area contributed by atoms with Crippen LogP contribution in [0.4, 0.5) is 15.8 Å². The zero-order chi connectivity index (χ0) is 17.5. The van der Waals surface area contributed by atoms with Crippen molar-refractivity contribution >= 4 is 27.2 Å². The van der Waals surface area contributed by atoms with Crippen LogP contribution < -0.4 is 5.32 Å². The lowest BCUT2D eigenvalue weighted by molar-refractivity contribution is -0.380. The zero-order valence-electron chi connectivity index (χ0n) is 13.0. The molecule has 0 spiro atoms. The molecule has 0 saturated carbocycles. The number of nitrogens with zero attached hydrogens (tertiary/aromatic N) is 3. The van der Waals surface area contributed by atoms with Crippen LogP contribution in [0.3, 0.4) is 0 Å². The van der Waals surface area contributed by atoms with E-state index < -0.39 is 4.92 Å². The molecule has 2 N–H and O–H groups in total. The fraction of sp³-hybridized carbons (Fsp3) is 0.188. The Morgan fingerprint density at radius 1 is 1.38 bits per heavy atom. The molecule has 2 rings (SSSR count). The summed E-state index contributed by atoms with van der Waals surface area (Å²) in [6.07, 6.45) is 4.79. The number of hydrogen-bond acceptors (Lipinski definition) is 7. The van der Waals surface area contributed by atoms with Crippen molar-refractivity contribution in [1.29, 1.82) is 0 Å². The highest BCUT2D eigenvalue weighted by atomic mass is 32.1. The molecule has 24 heavy (non-hydrogen) atoms. The van der Waals surface area contributed by atoms with Crippen LogP contribution in [0.5, 0.6) is 5.75 Å². The fourth-order valence-corrected chi connectivity index (χ4v) is 2.78. The van der Waals surface area contributed by atoms with Gasteiger partial charge in [-0.1, -0.05) is 12.2 Å². The van der Waals surface area contributed by atoms with Crippen molar-refractivity contribution in [1.82, 2.24) is 9.88 Å². The molecule has 1 aromatic heterocycles. The average Bonchev–Trinajstić information content (AvgIpc) is 3.00. The lowest BCUT2D eigenvalue weighted by Gasteiger charge is -2.19. The average molecular weight is 346 g/mol. The number of thiazole rings is 1. The SMILES string of the molecule is C=CCN(CC=C)Cc1cc(Nc2ncc([N+](=O)[O-])s2)ccc1O. The lowest BCUT2D eigenvalue weighted by Crippen LogP contribution is -2.23. The number of anilines is 2. The second-order valence-electron chi connectivity index (χ2n) is 5.00. The van der Waals surface area contributed by atoms with Crippen molar-refractivity contribution in [3.63, 3.8) is 0 Å². The van der Waals surface area contributed by atoms with Crippen LogP contribution in [-0.2, 0) is 6.54 Å². The molecule has 0 atom stereocenters. The smallest absolute Gasteiger partial charge is 0.345 e. The Bertz CT molecular complexity index is 735. The first-order valence-corrected chi connectivity index (χ1v) is 7.98. The number of aromatic nitrogens is 1. The quantitative estimate of drug-likeness (QED) is 0.311. The Kier molecular flexibility index (Phi) is 6.05. The maximum atomic E-state index is 10.7. The van der Waals surface area contributed by atoms with E-state index in [1.54, 1.807) is 30.4 Å². The first kappa shape index (κ1) is 17.6. The van der Waals surface area contributed by atoms with E-state index in [2.05, 4.69) is 28.4 Å². The van der Waals surface area contributed by atoms with E-state index >= 15 is 0 Å². The number of nitrogens with one attached hydrogen (secondary N) is 1. The monoisotopic (exact) mass is 346 g/mol. The van der Waals surface area contributed by atoms with Gasteiger partial charge >= 0.3 is 5.00 Å². The minimum Gasteiger partial charge on any atom is -0.508 e. The molecule has 0 aliphatic heterocycles. The molecule has 0 saturated heterocycles. The number of phenols is 1.